The van der Waals surface area contributed by atoms with E-state index in [1.54, 1.807) is 0 Å². The Kier molecular flexibility index (Phi) is 7.95. The van der Waals surface area contributed by atoms with Crippen LogP contribution in [0.2, 0.25) is 0 Å². The van der Waals surface area contributed by atoms with Crippen molar-refractivity contribution in [3.05, 3.63) is 48.3 Å². The van der Waals surface area contributed by atoms with Gasteiger partial charge in [0.25, 0.3) is 0 Å². The number of halogens is 1. The smallest absolute Gasteiger partial charge is 0.227 e. The highest BCUT2D eigenvalue weighted by molar-refractivity contribution is 5.85. The van der Waals surface area contributed by atoms with Gasteiger partial charge in [0.15, 0.2) is 0 Å². The van der Waals surface area contributed by atoms with Gasteiger partial charge in [0.05, 0.1) is 16.8 Å². The van der Waals surface area contributed by atoms with Crippen molar-refractivity contribution in [3.63, 3.8) is 0 Å². The van der Waals surface area contributed by atoms with Crippen molar-refractivity contribution < 1.29 is 4.79 Å². The van der Waals surface area contributed by atoms with Crippen LogP contribution in [0, 0.1) is 5.41 Å². The Labute approximate surface area is 150 Å². The predicted molar refractivity (Wildman–Crippen MR) is 99.6 cm³/mol. The van der Waals surface area contributed by atoms with Crippen LogP contribution in [-0.4, -0.2) is 28.8 Å². The fraction of sp³-hybridized carbons (Fsp3) is 0.444. The maximum atomic E-state index is 12.4. The topological polar surface area (TPSA) is 72.9 Å². The zero-order valence-corrected chi connectivity index (χ0v) is 15.2. The van der Waals surface area contributed by atoms with E-state index in [1.807, 2.05) is 61.1 Å². The van der Waals surface area contributed by atoms with Crippen LogP contribution in [0.5, 0.6) is 0 Å². The zero-order valence-electron chi connectivity index (χ0n) is 14.4. The minimum Gasteiger partial charge on any atom is -0.355 e. The van der Waals surface area contributed by atoms with Crippen LogP contribution in [0.1, 0.15) is 32.4 Å². The lowest BCUT2D eigenvalue weighted by molar-refractivity contribution is -0.131. The molecule has 0 radical (unpaired) electrons. The Morgan fingerprint density at radius 3 is 2.46 bits per heavy atom. The molecule has 0 aliphatic rings. The quantitative estimate of drug-likeness (QED) is 0.768. The van der Waals surface area contributed by atoms with Gasteiger partial charge in [-0.3, -0.25) is 4.79 Å². The molecule has 1 heterocycles. The third-order valence-electron chi connectivity index (χ3n) is 4.56. The molecule has 1 amide bonds. The summed E-state index contributed by atoms with van der Waals surface area (Å²) in [6.07, 6.45) is 4.16. The minimum atomic E-state index is -0.441. The monoisotopic (exact) mass is 350 g/mol. The number of aromatic nitrogens is 2. The number of carbonyl (C=O) groups is 1. The summed E-state index contributed by atoms with van der Waals surface area (Å²) in [6, 6.07) is 12.0. The first-order chi connectivity index (χ1) is 11.1. The van der Waals surface area contributed by atoms with E-state index < -0.39 is 5.41 Å². The second-order valence-electron chi connectivity index (χ2n) is 5.78. The average molecular weight is 351 g/mol. The van der Waals surface area contributed by atoms with Gasteiger partial charge in [0, 0.05) is 25.7 Å². The molecule has 0 saturated heterocycles. The van der Waals surface area contributed by atoms with Crippen LogP contribution < -0.4 is 11.1 Å². The lowest BCUT2D eigenvalue weighted by Gasteiger charge is -2.28. The van der Waals surface area contributed by atoms with Crippen LogP contribution in [0.4, 0.5) is 0 Å². The Balaban J connectivity index is 0.00000288. The summed E-state index contributed by atoms with van der Waals surface area (Å²) < 4.78 is 1.85. The molecule has 3 N–H and O–H groups in total. The fourth-order valence-corrected chi connectivity index (χ4v) is 2.66. The van der Waals surface area contributed by atoms with E-state index in [1.165, 1.54) is 0 Å². The molecule has 0 fully saturated rings. The van der Waals surface area contributed by atoms with E-state index in [9.17, 15) is 4.79 Å². The van der Waals surface area contributed by atoms with Crippen LogP contribution in [-0.2, 0) is 11.2 Å². The molecule has 0 aliphatic heterocycles. The number of hydrogen-bond acceptors (Lipinski definition) is 3. The van der Waals surface area contributed by atoms with Gasteiger partial charge in [0.1, 0.15) is 0 Å². The summed E-state index contributed by atoms with van der Waals surface area (Å²) >= 11 is 0. The lowest BCUT2D eigenvalue weighted by Crippen LogP contribution is -2.45. The molecule has 0 unspecified atom stereocenters. The van der Waals surface area contributed by atoms with E-state index >= 15 is 0 Å². The second-order valence-corrected chi connectivity index (χ2v) is 5.78. The molecule has 6 heteroatoms. The molecule has 0 atom stereocenters. The highest BCUT2D eigenvalue weighted by Crippen LogP contribution is 2.24. The number of para-hydroxylation sites is 1. The molecular formula is C18H27ClN4O. The first kappa shape index (κ1) is 20.2. The van der Waals surface area contributed by atoms with Gasteiger partial charge in [-0.25, -0.2) is 4.68 Å². The fourth-order valence-electron chi connectivity index (χ4n) is 2.66. The van der Waals surface area contributed by atoms with E-state index in [2.05, 4.69) is 10.4 Å². The van der Waals surface area contributed by atoms with Crippen LogP contribution in [0.15, 0.2) is 42.6 Å². The van der Waals surface area contributed by atoms with Gasteiger partial charge in [-0.1, -0.05) is 32.0 Å². The van der Waals surface area contributed by atoms with Gasteiger partial charge in [-0.15, -0.1) is 12.4 Å². The number of nitrogens with two attached hydrogens (primary N) is 1. The van der Waals surface area contributed by atoms with Gasteiger partial charge in [0.2, 0.25) is 5.91 Å². The number of nitrogens with zero attached hydrogens (tertiary/aromatic N) is 2. The second kappa shape index (κ2) is 9.45. The molecule has 24 heavy (non-hydrogen) atoms. The normalized spacial score (nSPS) is 11.0. The van der Waals surface area contributed by atoms with Gasteiger partial charge >= 0.3 is 0 Å². The zero-order chi connectivity index (χ0) is 16.7. The predicted octanol–water partition coefficient (Wildman–Crippen LogP) is 2.72. The summed E-state index contributed by atoms with van der Waals surface area (Å²) in [5.41, 5.74) is 7.35. The number of rotatable bonds is 8. The third-order valence-corrected chi connectivity index (χ3v) is 4.56. The standard InChI is InChI=1S/C18H26N4O.ClH/c1-3-18(4-2,14-19)17(23)20-12-10-15-11-13-22(21-15)16-8-6-5-7-9-16;/h5-9,11,13H,3-4,10,12,14,19H2,1-2H3,(H,20,23);1H. The molecular weight excluding hydrogens is 324 g/mol. The molecule has 1 aromatic heterocycles. The first-order valence-corrected chi connectivity index (χ1v) is 8.23. The molecule has 0 spiro atoms. The average Bonchev–Trinajstić information content (AvgIpc) is 3.07. The highest BCUT2D eigenvalue weighted by atomic mass is 35.5. The Morgan fingerprint density at radius 2 is 1.88 bits per heavy atom. The van der Waals surface area contributed by atoms with Crippen LogP contribution in [0.25, 0.3) is 5.69 Å². The number of hydrogen-bond donors (Lipinski definition) is 2. The molecule has 0 saturated carbocycles. The van der Waals surface area contributed by atoms with Crippen molar-refractivity contribution in [1.82, 2.24) is 15.1 Å². The number of carbonyl (C=O) groups excluding carboxylic acids is 1. The molecule has 0 bridgehead atoms. The molecule has 2 rings (SSSR count). The Bertz CT molecular complexity index is 615. The molecule has 0 aliphatic carbocycles. The van der Waals surface area contributed by atoms with Crippen molar-refractivity contribution in [3.8, 4) is 5.69 Å². The van der Waals surface area contributed by atoms with Gasteiger partial charge in [-0.2, -0.15) is 5.10 Å². The molecule has 132 valence electrons. The van der Waals surface area contributed by atoms with Crippen molar-refractivity contribution in [2.24, 2.45) is 11.1 Å². The van der Waals surface area contributed by atoms with E-state index in [-0.39, 0.29) is 18.3 Å². The summed E-state index contributed by atoms with van der Waals surface area (Å²) in [4.78, 5) is 12.4. The Hall–Kier alpha value is -1.85. The third kappa shape index (κ3) is 4.58. The first-order valence-electron chi connectivity index (χ1n) is 8.23. The minimum absolute atomic E-state index is 0. The van der Waals surface area contributed by atoms with Crippen LogP contribution >= 0.6 is 12.4 Å². The highest BCUT2D eigenvalue weighted by Gasteiger charge is 2.32. The maximum absolute atomic E-state index is 12.4. The summed E-state index contributed by atoms with van der Waals surface area (Å²) in [5, 5.41) is 7.55. The van der Waals surface area contributed by atoms with Crippen molar-refractivity contribution >= 4 is 18.3 Å². The van der Waals surface area contributed by atoms with Gasteiger partial charge in [-0.05, 0) is 31.0 Å². The largest absolute Gasteiger partial charge is 0.355 e. The number of benzene rings is 1. The van der Waals surface area contributed by atoms with E-state index in [4.69, 9.17) is 5.73 Å². The summed E-state index contributed by atoms with van der Waals surface area (Å²) in [6.45, 7) is 4.98. The molecule has 5 nitrogen and oxygen atoms in total. The molecule has 2 aromatic rings. The van der Waals surface area contributed by atoms with E-state index in [0.717, 1.165) is 24.2 Å². The number of nitrogens with one attached hydrogen (secondary N) is 1. The van der Waals surface area contributed by atoms with E-state index in [0.29, 0.717) is 19.5 Å². The van der Waals surface area contributed by atoms with Gasteiger partial charge < -0.3 is 11.1 Å². The van der Waals surface area contributed by atoms with Crippen molar-refractivity contribution in [2.45, 2.75) is 33.1 Å². The lowest BCUT2D eigenvalue weighted by atomic mass is 9.81. The maximum Gasteiger partial charge on any atom is 0.227 e. The van der Waals surface area contributed by atoms with Crippen molar-refractivity contribution in [2.75, 3.05) is 13.1 Å². The Morgan fingerprint density at radius 1 is 1.21 bits per heavy atom. The van der Waals surface area contributed by atoms with Crippen molar-refractivity contribution in [1.29, 1.82) is 0 Å². The van der Waals surface area contributed by atoms with Crippen LogP contribution in [0.3, 0.4) is 0 Å². The SMILES string of the molecule is CCC(CC)(CN)C(=O)NCCc1ccn(-c2ccccc2)n1.Cl. The summed E-state index contributed by atoms with van der Waals surface area (Å²) in [7, 11) is 0. The summed E-state index contributed by atoms with van der Waals surface area (Å²) in [5.74, 6) is 0.0486. The molecule has 1 aromatic carbocycles. The number of amides is 1.